The lowest BCUT2D eigenvalue weighted by atomic mass is 9.98. The highest BCUT2D eigenvalue weighted by atomic mass is 16.5. The molecule has 19 heavy (non-hydrogen) atoms. The molecule has 1 saturated heterocycles. The number of ether oxygens (including phenoxy) is 1. The second kappa shape index (κ2) is 10.6. The fourth-order valence-corrected chi connectivity index (χ4v) is 2.65. The average molecular weight is 272 g/mol. The lowest BCUT2D eigenvalue weighted by molar-refractivity contribution is 0.00839. The van der Waals surface area contributed by atoms with E-state index in [9.17, 15) is 5.11 Å². The van der Waals surface area contributed by atoms with Crippen LogP contribution in [0.4, 0.5) is 0 Å². The van der Waals surface area contributed by atoms with Crippen molar-refractivity contribution in [1.29, 1.82) is 0 Å². The summed E-state index contributed by atoms with van der Waals surface area (Å²) in [4.78, 5) is 2.39. The molecule has 0 aromatic heterocycles. The maximum atomic E-state index is 9.98. The van der Waals surface area contributed by atoms with Gasteiger partial charge in [0, 0.05) is 19.7 Å². The van der Waals surface area contributed by atoms with Crippen LogP contribution in [0.5, 0.6) is 0 Å². The van der Waals surface area contributed by atoms with Crippen LogP contribution < -0.4 is 5.32 Å². The standard InChI is InChI=1S/C15H32N2O2/c1-3-5-9-19-13-15(18)12-17-8-6-7-14(11-17)10-16-4-2/h14-16,18H,3-13H2,1-2H3. The van der Waals surface area contributed by atoms with Crippen LogP contribution >= 0.6 is 0 Å². The summed E-state index contributed by atoms with van der Waals surface area (Å²) in [6.07, 6.45) is 4.46. The molecule has 0 saturated carbocycles. The van der Waals surface area contributed by atoms with Crippen molar-refractivity contribution >= 4 is 0 Å². The third-order valence-electron chi connectivity index (χ3n) is 3.71. The molecule has 0 aromatic rings. The predicted molar refractivity (Wildman–Crippen MR) is 79.4 cm³/mol. The van der Waals surface area contributed by atoms with Crippen LogP contribution in [0.1, 0.15) is 39.5 Å². The molecule has 1 fully saturated rings. The summed E-state index contributed by atoms with van der Waals surface area (Å²) in [5.41, 5.74) is 0. The summed E-state index contributed by atoms with van der Waals surface area (Å²) >= 11 is 0. The molecule has 0 spiro atoms. The third-order valence-corrected chi connectivity index (χ3v) is 3.71. The molecule has 114 valence electrons. The van der Waals surface area contributed by atoms with E-state index in [4.69, 9.17) is 4.74 Å². The lowest BCUT2D eigenvalue weighted by Gasteiger charge is -2.34. The number of nitrogens with zero attached hydrogens (tertiary/aromatic N) is 1. The van der Waals surface area contributed by atoms with Crippen molar-refractivity contribution in [2.24, 2.45) is 5.92 Å². The first kappa shape index (κ1) is 16.9. The SMILES string of the molecule is CCCCOCC(O)CN1CCCC(CNCC)C1. The minimum atomic E-state index is -0.338. The number of aliphatic hydroxyl groups is 1. The van der Waals surface area contributed by atoms with E-state index in [1.54, 1.807) is 0 Å². The van der Waals surface area contributed by atoms with Crippen molar-refractivity contribution in [3.8, 4) is 0 Å². The summed E-state index contributed by atoms with van der Waals surface area (Å²) in [6.45, 7) is 10.7. The van der Waals surface area contributed by atoms with Gasteiger partial charge >= 0.3 is 0 Å². The van der Waals surface area contributed by atoms with E-state index in [1.807, 2.05) is 0 Å². The molecule has 4 nitrogen and oxygen atoms in total. The monoisotopic (exact) mass is 272 g/mol. The van der Waals surface area contributed by atoms with E-state index >= 15 is 0 Å². The predicted octanol–water partition coefficient (Wildman–Crippen LogP) is 1.49. The number of aliphatic hydroxyl groups excluding tert-OH is 1. The van der Waals surface area contributed by atoms with Gasteiger partial charge in [0.25, 0.3) is 0 Å². The van der Waals surface area contributed by atoms with Gasteiger partial charge in [-0.25, -0.2) is 0 Å². The highest BCUT2D eigenvalue weighted by Gasteiger charge is 2.21. The largest absolute Gasteiger partial charge is 0.389 e. The minimum Gasteiger partial charge on any atom is -0.389 e. The van der Waals surface area contributed by atoms with Crippen molar-refractivity contribution in [1.82, 2.24) is 10.2 Å². The molecule has 1 aliphatic heterocycles. The Bertz CT molecular complexity index is 214. The van der Waals surface area contributed by atoms with E-state index in [0.717, 1.165) is 58.1 Å². The maximum Gasteiger partial charge on any atom is 0.0900 e. The third kappa shape index (κ3) is 7.88. The summed E-state index contributed by atoms with van der Waals surface area (Å²) in [5, 5.41) is 13.4. The van der Waals surface area contributed by atoms with Crippen molar-refractivity contribution < 1.29 is 9.84 Å². The van der Waals surface area contributed by atoms with Crippen molar-refractivity contribution in [2.45, 2.75) is 45.6 Å². The van der Waals surface area contributed by atoms with Gasteiger partial charge in [0.15, 0.2) is 0 Å². The molecule has 1 rings (SSSR count). The maximum absolute atomic E-state index is 9.98. The van der Waals surface area contributed by atoms with Crippen molar-refractivity contribution in [3.05, 3.63) is 0 Å². The molecule has 2 N–H and O–H groups in total. The summed E-state index contributed by atoms with van der Waals surface area (Å²) in [7, 11) is 0. The average Bonchev–Trinajstić information content (AvgIpc) is 2.42. The molecular formula is C15H32N2O2. The Morgan fingerprint density at radius 2 is 2.26 bits per heavy atom. The van der Waals surface area contributed by atoms with Crippen LogP contribution in [-0.2, 0) is 4.74 Å². The van der Waals surface area contributed by atoms with E-state index in [2.05, 4.69) is 24.1 Å². The van der Waals surface area contributed by atoms with Gasteiger partial charge in [0.1, 0.15) is 0 Å². The molecule has 0 aliphatic carbocycles. The van der Waals surface area contributed by atoms with Gasteiger partial charge in [-0.15, -0.1) is 0 Å². The summed E-state index contributed by atoms with van der Waals surface area (Å²) < 4.78 is 5.48. The van der Waals surface area contributed by atoms with Gasteiger partial charge in [-0.05, 0) is 44.8 Å². The van der Waals surface area contributed by atoms with E-state index in [-0.39, 0.29) is 6.10 Å². The highest BCUT2D eigenvalue weighted by Crippen LogP contribution is 2.15. The minimum absolute atomic E-state index is 0.338. The van der Waals surface area contributed by atoms with Crippen LogP contribution in [0.15, 0.2) is 0 Å². The van der Waals surface area contributed by atoms with Crippen LogP contribution in [0.2, 0.25) is 0 Å². The number of hydrogen-bond donors (Lipinski definition) is 2. The molecule has 0 bridgehead atoms. The Labute approximate surface area is 118 Å². The molecule has 4 heteroatoms. The van der Waals surface area contributed by atoms with Crippen molar-refractivity contribution in [2.75, 3.05) is 45.9 Å². The zero-order valence-electron chi connectivity index (χ0n) is 12.7. The fourth-order valence-electron chi connectivity index (χ4n) is 2.65. The van der Waals surface area contributed by atoms with E-state index < -0.39 is 0 Å². The van der Waals surface area contributed by atoms with Crippen LogP contribution in [0, 0.1) is 5.92 Å². The second-order valence-corrected chi connectivity index (χ2v) is 5.66. The van der Waals surface area contributed by atoms with Crippen LogP contribution in [0.25, 0.3) is 0 Å². The normalized spacial score (nSPS) is 22.6. The molecular weight excluding hydrogens is 240 g/mol. The Balaban J connectivity index is 2.12. The Hall–Kier alpha value is -0.160. The van der Waals surface area contributed by atoms with Gasteiger partial charge in [-0.2, -0.15) is 0 Å². The molecule has 1 heterocycles. The van der Waals surface area contributed by atoms with Gasteiger partial charge < -0.3 is 20.1 Å². The number of nitrogens with one attached hydrogen (secondary N) is 1. The molecule has 0 radical (unpaired) electrons. The molecule has 0 aromatic carbocycles. The first-order valence-corrected chi connectivity index (χ1v) is 7.95. The smallest absolute Gasteiger partial charge is 0.0900 e. The van der Waals surface area contributed by atoms with E-state index in [1.165, 1.54) is 12.8 Å². The molecule has 0 amide bonds. The van der Waals surface area contributed by atoms with Crippen molar-refractivity contribution in [3.63, 3.8) is 0 Å². The lowest BCUT2D eigenvalue weighted by Crippen LogP contribution is -2.43. The molecule has 2 unspecified atom stereocenters. The summed E-state index contributed by atoms with van der Waals surface area (Å²) in [5.74, 6) is 0.738. The highest BCUT2D eigenvalue weighted by molar-refractivity contribution is 4.76. The molecule has 1 aliphatic rings. The Kier molecular flexibility index (Phi) is 9.43. The fraction of sp³-hybridized carbons (Fsp3) is 1.00. The first-order valence-electron chi connectivity index (χ1n) is 7.95. The van der Waals surface area contributed by atoms with Crippen LogP contribution in [-0.4, -0.2) is 62.0 Å². The van der Waals surface area contributed by atoms with Gasteiger partial charge in [0.2, 0.25) is 0 Å². The topological polar surface area (TPSA) is 44.7 Å². The molecule has 2 atom stereocenters. The zero-order valence-corrected chi connectivity index (χ0v) is 12.7. The number of piperidine rings is 1. The number of likely N-dealkylation sites (tertiary alicyclic amines) is 1. The van der Waals surface area contributed by atoms with Gasteiger partial charge in [0.05, 0.1) is 12.7 Å². The number of rotatable bonds is 10. The quantitative estimate of drug-likeness (QED) is 0.591. The van der Waals surface area contributed by atoms with Gasteiger partial charge in [-0.1, -0.05) is 20.3 Å². The second-order valence-electron chi connectivity index (χ2n) is 5.66. The zero-order chi connectivity index (χ0) is 13.9. The number of β-amino-alcohol motifs (C(OH)–C–C–N with tert-alkyl or cyclic N) is 1. The Morgan fingerprint density at radius 1 is 1.42 bits per heavy atom. The first-order chi connectivity index (χ1) is 9.26. The Morgan fingerprint density at radius 3 is 3.00 bits per heavy atom. The number of hydrogen-bond acceptors (Lipinski definition) is 4. The van der Waals surface area contributed by atoms with E-state index in [0.29, 0.717) is 6.61 Å². The van der Waals surface area contributed by atoms with Crippen LogP contribution in [0.3, 0.4) is 0 Å². The number of unbranched alkanes of at least 4 members (excludes halogenated alkanes) is 1. The summed E-state index contributed by atoms with van der Waals surface area (Å²) in [6, 6.07) is 0. The van der Waals surface area contributed by atoms with Gasteiger partial charge in [-0.3, -0.25) is 0 Å².